The minimum absolute atomic E-state index is 0.0144. The highest BCUT2D eigenvalue weighted by Gasteiger charge is 2.24. The van der Waals surface area contributed by atoms with Crippen LogP contribution in [0.2, 0.25) is 0 Å². The molecular formula is C56H48N4O3. The Morgan fingerprint density at radius 1 is 0.397 bits per heavy atom. The van der Waals surface area contributed by atoms with Gasteiger partial charge in [0.05, 0.1) is 22.3 Å². The second kappa shape index (κ2) is 20.4. The molecule has 0 atom stereocenters. The SMILES string of the molecule is C=C1C=C(C)C=CC1=O.C=C1C=C(C)c2ccccc2C1=O.C=C1C=C(C)c2ccccc2C1=[N+]=[N-].C=C1C=Cc2c(C)cccc2C1=O.C=C1C=Cc2c(C)cccc2C1=[N+]=[N-]. The fourth-order valence-corrected chi connectivity index (χ4v) is 7.24. The smallest absolute Gasteiger partial charge is 0.329 e. The fourth-order valence-electron chi connectivity index (χ4n) is 7.24. The first-order valence-corrected chi connectivity index (χ1v) is 20.1. The summed E-state index contributed by atoms with van der Waals surface area (Å²) in [4.78, 5) is 40.5. The molecule has 9 rings (SSSR count). The van der Waals surface area contributed by atoms with E-state index in [1.54, 1.807) is 18.2 Å². The Kier molecular flexibility index (Phi) is 14.8. The van der Waals surface area contributed by atoms with Crippen molar-refractivity contribution < 1.29 is 24.0 Å². The number of Topliss-reactive ketones (excluding diaryl/α,β-unsaturated/α-hetero) is 2. The van der Waals surface area contributed by atoms with Gasteiger partial charge in [0.15, 0.2) is 17.3 Å². The molecule has 0 radical (unpaired) electrons. The summed E-state index contributed by atoms with van der Waals surface area (Å²) in [6.07, 6.45) is 16.5. The molecule has 7 nitrogen and oxygen atoms in total. The summed E-state index contributed by atoms with van der Waals surface area (Å²) in [5, 5.41) is 0. The molecule has 0 heterocycles. The molecule has 0 spiro atoms. The number of rotatable bonds is 0. The molecule has 0 fully saturated rings. The first-order chi connectivity index (χ1) is 30.1. The van der Waals surface area contributed by atoms with Crippen LogP contribution in [-0.4, -0.2) is 38.4 Å². The maximum atomic E-state index is 11.6. The normalized spacial score (nSPS) is 15.0. The van der Waals surface area contributed by atoms with Gasteiger partial charge in [-0.15, -0.1) is 0 Å². The van der Waals surface area contributed by atoms with Gasteiger partial charge in [0, 0.05) is 27.8 Å². The van der Waals surface area contributed by atoms with Crippen molar-refractivity contribution in [2.75, 3.05) is 0 Å². The van der Waals surface area contributed by atoms with Crippen molar-refractivity contribution in [3.8, 4) is 0 Å². The standard InChI is InChI=1S/2C12H10N2.2C12H10O.C8H8O/c1-8-4-3-5-11-10(8)7-6-9(2)12(11)14-13;1-8-7-9(2)12(14-13)11-6-4-3-5-10(8)11;1-8-4-3-5-11-10(8)7-6-9(2)12(11)13;1-8-7-9(2)12(13)11-6-4-3-5-10(8)11;1-6-3-4-8(9)7(2)5-6/h2*3-7H,2H2,1H3;2*3-7H,2H2,1H3;3-5H,2H2,1H3. The van der Waals surface area contributed by atoms with Gasteiger partial charge in [0.2, 0.25) is 0 Å². The van der Waals surface area contributed by atoms with E-state index in [1.807, 2.05) is 150 Å². The number of aryl methyl sites for hydroxylation is 2. The summed E-state index contributed by atoms with van der Waals surface area (Å²) >= 11 is 0. The second-order valence-corrected chi connectivity index (χ2v) is 15.3. The van der Waals surface area contributed by atoms with Gasteiger partial charge in [0.25, 0.3) is 0 Å². The van der Waals surface area contributed by atoms with E-state index < -0.39 is 0 Å². The van der Waals surface area contributed by atoms with Crippen molar-refractivity contribution in [2.24, 2.45) is 0 Å². The molecule has 0 unspecified atom stereocenters. The van der Waals surface area contributed by atoms with Crippen molar-refractivity contribution >= 4 is 52.1 Å². The Bertz CT molecular complexity index is 2980. The minimum atomic E-state index is 0.0144. The predicted molar refractivity (Wildman–Crippen MR) is 258 cm³/mol. The number of hydrogen-bond acceptors (Lipinski definition) is 3. The lowest BCUT2D eigenvalue weighted by atomic mass is 9.88. The van der Waals surface area contributed by atoms with E-state index in [0.29, 0.717) is 28.1 Å². The molecule has 0 aromatic heterocycles. The molecule has 0 N–H and O–H groups in total. The van der Waals surface area contributed by atoms with Gasteiger partial charge < -0.3 is 11.1 Å². The number of nitrogens with zero attached hydrogens (tertiary/aromatic N) is 4. The monoisotopic (exact) mass is 824 g/mol. The second-order valence-electron chi connectivity index (χ2n) is 15.3. The van der Waals surface area contributed by atoms with E-state index in [4.69, 9.17) is 11.1 Å². The average molecular weight is 825 g/mol. The van der Waals surface area contributed by atoms with E-state index in [-0.39, 0.29) is 17.3 Å². The summed E-state index contributed by atoms with van der Waals surface area (Å²) in [5.74, 6) is 0.100. The highest BCUT2D eigenvalue weighted by atomic mass is 16.1. The predicted octanol–water partition coefficient (Wildman–Crippen LogP) is 12.5. The Hall–Kier alpha value is -8.21. The zero-order chi connectivity index (χ0) is 46.0. The lowest BCUT2D eigenvalue weighted by molar-refractivity contribution is -0.111. The van der Waals surface area contributed by atoms with Crippen LogP contribution < -0.4 is 0 Å². The van der Waals surface area contributed by atoms with Crippen LogP contribution >= 0.6 is 0 Å². The number of carbonyl (C=O) groups excluding carboxylic acids is 3. The van der Waals surface area contributed by atoms with Crippen LogP contribution in [-0.2, 0) is 4.79 Å². The van der Waals surface area contributed by atoms with E-state index >= 15 is 0 Å². The van der Waals surface area contributed by atoms with Crippen LogP contribution in [0.3, 0.4) is 0 Å². The quantitative estimate of drug-likeness (QED) is 0.0996. The molecule has 0 amide bonds. The summed E-state index contributed by atoms with van der Waals surface area (Å²) in [6.45, 7) is 28.6. The Balaban J connectivity index is 0.000000150. The number of benzene rings is 4. The van der Waals surface area contributed by atoms with Gasteiger partial charge in [-0.2, -0.15) is 9.58 Å². The van der Waals surface area contributed by atoms with Crippen LogP contribution in [0.4, 0.5) is 0 Å². The average Bonchev–Trinajstić information content (AvgIpc) is 3.27. The maximum Gasteiger partial charge on any atom is 0.329 e. The van der Waals surface area contributed by atoms with Crippen molar-refractivity contribution in [2.45, 2.75) is 34.6 Å². The van der Waals surface area contributed by atoms with Crippen molar-refractivity contribution in [3.63, 3.8) is 0 Å². The van der Waals surface area contributed by atoms with Gasteiger partial charge in [-0.3, -0.25) is 14.4 Å². The number of allylic oxidation sites excluding steroid dienone is 15. The molecule has 0 bridgehead atoms. The summed E-state index contributed by atoms with van der Waals surface area (Å²) in [5.41, 5.74) is 35.5. The first-order valence-electron chi connectivity index (χ1n) is 20.1. The van der Waals surface area contributed by atoms with Crippen LogP contribution in [0, 0.1) is 13.8 Å². The molecule has 0 saturated carbocycles. The van der Waals surface area contributed by atoms with Crippen LogP contribution in [0.5, 0.6) is 0 Å². The molecule has 4 aromatic carbocycles. The number of fused-ring (bicyclic) bond motifs is 4. The molecule has 7 heteroatoms. The first kappa shape index (κ1) is 45.9. The zero-order valence-electron chi connectivity index (χ0n) is 36.3. The molecule has 4 aromatic rings. The third-order valence-corrected chi connectivity index (χ3v) is 10.6. The number of carbonyl (C=O) groups is 3. The van der Waals surface area contributed by atoms with Crippen molar-refractivity contribution in [3.05, 3.63) is 260 Å². The van der Waals surface area contributed by atoms with Gasteiger partial charge in [0.1, 0.15) is 0 Å². The number of hydrogen-bond donors (Lipinski definition) is 0. The third kappa shape index (κ3) is 10.6. The van der Waals surface area contributed by atoms with Gasteiger partial charge in [-0.25, -0.2) is 0 Å². The Morgan fingerprint density at radius 3 is 1.40 bits per heavy atom. The molecule has 310 valence electrons. The van der Waals surface area contributed by atoms with Gasteiger partial charge in [-0.05, 0) is 122 Å². The third-order valence-electron chi connectivity index (χ3n) is 10.6. The maximum absolute atomic E-state index is 11.6. The van der Waals surface area contributed by atoms with E-state index in [1.165, 1.54) is 11.6 Å². The lowest BCUT2D eigenvalue weighted by Gasteiger charge is -2.14. The van der Waals surface area contributed by atoms with Crippen LogP contribution in [0.15, 0.2) is 194 Å². The topological polar surface area (TPSA) is 124 Å². The van der Waals surface area contributed by atoms with E-state index in [2.05, 4.69) is 42.5 Å². The van der Waals surface area contributed by atoms with Crippen LogP contribution in [0.1, 0.15) is 86.0 Å². The van der Waals surface area contributed by atoms with Crippen molar-refractivity contribution in [1.29, 1.82) is 0 Å². The molecule has 0 aliphatic heterocycles. The van der Waals surface area contributed by atoms with Gasteiger partial charge in [-0.1, -0.05) is 136 Å². The highest BCUT2D eigenvalue weighted by Crippen LogP contribution is 2.29. The van der Waals surface area contributed by atoms with Gasteiger partial charge >= 0.3 is 11.4 Å². The van der Waals surface area contributed by atoms with E-state index in [9.17, 15) is 14.4 Å². The van der Waals surface area contributed by atoms with Crippen LogP contribution in [0.25, 0.3) is 34.4 Å². The Labute approximate surface area is 369 Å². The largest absolute Gasteiger partial charge is 0.361 e. The molecule has 0 saturated heterocycles. The molecular weight excluding hydrogens is 777 g/mol. The molecule has 5 aliphatic rings. The minimum Gasteiger partial charge on any atom is -0.361 e. The zero-order valence-corrected chi connectivity index (χ0v) is 36.3. The fraction of sp³-hybridized carbons (Fsp3) is 0.0893. The van der Waals surface area contributed by atoms with E-state index in [0.717, 1.165) is 77.9 Å². The molecule has 5 aliphatic carbocycles. The van der Waals surface area contributed by atoms with Crippen molar-refractivity contribution in [1.82, 2.24) is 0 Å². The molecule has 63 heavy (non-hydrogen) atoms. The number of ketones is 3. The Morgan fingerprint density at radius 2 is 0.841 bits per heavy atom. The summed E-state index contributed by atoms with van der Waals surface area (Å²) < 4.78 is 0. The lowest BCUT2D eigenvalue weighted by Crippen LogP contribution is -2.11. The summed E-state index contributed by atoms with van der Waals surface area (Å²) in [7, 11) is 0. The highest BCUT2D eigenvalue weighted by molar-refractivity contribution is 6.18. The summed E-state index contributed by atoms with van der Waals surface area (Å²) in [6, 6.07) is 27.2.